The Kier molecular flexibility index (Phi) is 4.69. The van der Waals surface area contributed by atoms with Crippen molar-refractivity contribution in [1.82, 2.24) is 9.88 Å². The summed E-state index contributed by atoms with van der Waals surface area (Å²) in [4.78, 5) is 8.73. The number of likely N-dealkylation sites (tertiary alicyclic amines) is 1. The van der Waals surface area contributed by atoms with Crippen LogP contribution in [0.25, 0.3) is 0 Å². The molecule has 22 heavy (non-hydrogen) atoms. The Morgan fingerprint density at radius 2 is 2.00 bits per heavy atom. The average molecular weight is 374 g/mol. The second kappa shape index (κ2) is 6.40. The number of halogens is 3. The summed E-state index contributed by atoms with van der Waals surface area (Å²) in [5, 5.41) is 0. The van der Waals surface area contributed by atoms with E-state index in [0.29, 0.717) is 13.1 Å². The normalized spacial score (nSPS) is 23.2. The van der Waals surface area contributed by atoms with Gasteiger partial charge in [-0.3, -0.25) is 4.90 Å². The summed E-state index contributed by atoms with van der Waals surface area (Å²) in [6, 6.07) is 4.01. The first-order valence-electron chi connectivity index (χ1n) is 7.93. The summed E-state index contributed by atoms with van der Waals surface area (Å²) >= 11 is 3.41. The highest BCUT2D eigenvalue weighted by Crippen LogP contribution is 2.31. The second-order valence-electron chi connectivity index (χ2n) is 6.59. The predicted octanol–water partition coefficient (Wildman–Crippen LogP) is 3.92. The van der Waals surface area contributed by atoms with Crippen LogP contribution < -0.4 is 4.90 Å². The Hall–Kier alpha value is -0.750. The quantitative estimate of drug-likeness (QED) is 0.748. The molecule has 2 aliphatic rings. The monoisotopic (exact) mass is 373 g/mol. The zero-order valence-corrected chi connectivity index (χ0v) is 14.5. The number of piperidine rings is 1. The van der Waals surface area contributed by atoms with Crippen LogP contribution in [0.15, 0.2) is 16.7 Å². The molecule has 2 aliphatic heterocycles. The van der Waals surface area contributed by atoms with Crippen LogP contribution in [-0.4, -0.2) is 42.0 Å². The fraction of sp³-hybridized carbons (Fsp3) is 0.688. The van der Waals surface area contributed by atoms with Crippen LogP contribution in [0.4, 0.5) is 14.5 Å². The topological polar surface area (TPSA) is 19.4 Å². The molecule has 0 radical (unpaired) electrons. The van der Waals surface area contributed by atoms with Crippen LogP contribution in [0.1, 0.15) is 31.9 Å². The van der Waals surface area contributed by atoms with Gasteiger partial charge in [-0.2, -0.15) is 0 Å². The summed E-state index contributed by atoms with van der Waals surface area (Å²) in [7, 11) is 0. The van der Waals surface area contributed by atoms with Gasteiger partial charge in [0.25, 0.3) is 5.92 Å². The number of rotatable bonds is 3. The minimum atomic E-state index is -2.55. The first kappa shape index (κ1) is 16.1. The summed E-state index contributed by atoms with van der Waals surface area (Å²) in [6.07, 6.45) is 2.31. The lowest BCUT2D eigenvalue weighted by atomic mass is 9.98. The van der Waals surface area contributed by atoms with E-state index in [9.17, 15) is 8.78 Å². The zero-order chi connectivity index (χ0) is 15.7. The van der Waals surface area contributed by atoms with Gasteiger partial charge in [-0.1, -0.05) is 6.92 Å². The van der Waals surface area contributed by atoms with E-state index < -0.39 is 5.92 Å². The smallest absolute Gasteiger partial charge is 0.261 e. The minimum Gasteiger partial charge on any atom is -0.370 e. The highest BCUT2D eigenvalue weighted by atomic mass is 79.9. The summed E-state index contributed by atoms with van der Waals surface area (Å²) in [6.45, 7) is 5.11. The molecule has 0 amide bonds. The minimum absolute atomic E-state index is 0.0441. The first-order chi connectivity index (χ1) is 10.4. The Balaban J connectivity index is 1.76. The van der Waals surface area contributed by atoms with Crippen molar-refractivity contribution in [2.24, 2.45) is 5.92 Å². The lowest BCUT2D eigenvalue weighted by molar-refractivity contribution is 0.0114. The molecule has 0 aromatic carbocycles. The molecule has 3 heterocycles. The van der Waals surface area contributed by atoms with Crippen molar-refractivity contribution in [2.75, 3.05) is 31.1 Å². The third kappa shape index (κ3) is 3.77. The van der Waals surface area contributed by atoms with Crippen LogP contribution >= 0.6 is 15.9 Å². The largest absolute Gasteiger partial charge is 0.370 e. The van der Waals surface area contributed by atoms with Crippen molar-refractivity contribution in [3.63, 3.8) is 0 Å². The van der Waals surface area contributed by atoms with E-state index in [-0.39, 0.29) is 13.0 Å². The Morgan fingerprint density at radius 3 is 2.64 bits per heavy atom. The molecule has 1 aromatic rings. The maximum absolute atomic E-state index is 13.4. The number of hydrogen-bond donors (Lipinski definition) is 0. The highest BCUT2D eigenvalue weighted by molar-refractivity contribution is 9.10. The molecule has 2 saturated heterocycles. The van der Waals surface area contributed by atoms with Gasteiger partial charge in [0, 0.05) is 32.6 Å². The van der Waals surface area contributed by atoms with Gasteiger partial charge in [-0.15, -0.1) is 0 Å². The van der Waals surface area contributed by atoms with E-state index in [1.165, 1.54) is 12.8 Å². The molecular formula is C16H22BrF2N3. The Labute approximate surface area is 138 Å². The Morgan fingerprint density at radius 1 is 1.27 bits per heavy atom. The second-order valence-corrected chi connectivity index (χ2v) is 7.40. The predicted molar refractivity (Wildman–Crippen MR) is 87.4 cm³/mol. The molecule has 0 bridgehead atoms. The molecule has 6 heteroatoms. The van der Waals surface area contributed by atoms with E-state index in [1.54, 1.807) is 0 Å². The van der Waals surface area contributed by atoms with E-state index in [2.05, 4.69) is 38.8 Å². The summed E-state index contributed by atoms with van der Waals surface area (Å²) in [5.41, 5.74) is 2.01. The van der Waals surface area contributed by atoms with Crippen molar-refractivity contribution in [1.29, 1.82) is 0 Å². The number of pyridine rings is 1. The van der Waals surface area contributed by atoms with Crippen LogP contribution in [0.5, 0.6) is 0 Å². The lowest BCUT2D eigenvalue weighted by Gasteiger charge is -2.33. The molecular weight excluding hydrogens is 352 g/mol. The van der Waals surface area contributed by atoms with E-state index in [1.807, 2.05) is 11.0 Å². The first-order valence-corrected chi connectivity index (χ1v) is 8.73. The lowest BCUT2D eigenvalue weighted by Crippen LogP contribution is -2.34. The molecule has 0 saturated carbocycles. The van der Waals surface area contributed by atoms with Crippen molar-refractivity contribution in [3.05, 3.63) is 22.4 Å². The van der Waals surface area contributed by atoms with Crippen LogP contribution in [0, 0.1) is 5.92 Å². The van der Waals surface area contributed by atoms with Crippen LogP contribution in [0.3, 0.4) is 0 Å². The molecule has 3 rings (SSSR count). The van der Waals surface area contributed by atoms with Gasteiger partial charge in [0.2, 0.25) is 0 Å². The number of alkyl halides is 2. The molecule has 0 atom stereocenters. The maximum atomic E-state index is 13.4. The standard InChI is InChI=1S/C16H22BrF2N3/c1-12-4-7-22(8-5-12)14-2-3-15(17)20-13(14)10-21-9-6-16(18,19)11-21/h2-3,12H,4-11H2,1H3. The third-order valence-corrected chi connectivity index (χ3v) is 5.10. The van der Waals surface area contributed by atoms with Crippen LogP contribution in [0.2, 0.25) is 0 Å². The third-order valence-electron chi connectivity index (χ3n) is 4.66. The Bertz CT molecular complexity index is 530. The molecule has 122 valence electrons. The average Bonchev–Trinajstić information content (AvgIpc) is 2.79. The summed E-state index contributed by atoms with van der Waals surface area (Å²) < 4.78 is 27.6. The number of aromatic nitrogens is 1. The number of anilines is 1. The van der Waals surface area contributed by atoms with Crippen molar-refractivity contribution >= 4 is 21.6 Å². The number of hydrogen-bond acceptors (Lipinski definition) is 3. The van der Waals surface area contributed by atoms with Crippen LogP contribution in [-0.2, 0) is 6.54 Å². The molecule has 3 nitrogen and oxygen atoms in total. The van der Waals surface area contributed by atoms with Gasteiger partial charge in [-0.05, 0) is 46.8 Å². The fourth-order valence-corrected chi connectivity index (χ4v) is 3.62. The van der Waals surface area contributed by atoms with E-state index in [0.717, 1.165) is 35.0 Å². The zero-order valence-electron chi connectivity index (χ0n) is 12.9. The molecule has 2 fully saturated rings. The highest BCUT2D eigenvalue weighted by Gasteiger charge is 2.38. The van der Waals surface area contributed by atoms with Crippen molar-refractivity contribution < 1.29 is 8.78 Å². The van der Waals surface area contributed by atoms with Gasteiger partial charge in [0.05, 0.1) is 17.9 Å². The molecule has 0 spiro atoms. The van der Waals surface area contributed by atoms with E-state index in [4.69, 9.17) is 0 Å². The molecule has 1 aromatic heterocycles. The molecule has 0 unspecified atom stereocenters. The van der Waals surface area contributed by atoms with Crippen molar-refractivity contribution in [3.8, 4) is 0 Å². The maximum Gasteiger partial charge on any atom is 0.261 e. The van der Waals surface area contributed by atoms with Gasteiger partial charge in [-0.25, -0.2) is 13.8 Å². The van der Waals surface area contributed by atoms with E-state index >= 15 is 0 Å². The number of nitrogens with zero attached hydrogens (tertiary/aromatic N) is 3. The fourth-order valence-electron chi connectivity index (χ4n) is 3.27. The SMILES string of the molecule is CC1CCN(c2ccc(Br)nc2CN2CCC(F)(F)C2)CC1. The van der Waals surface area contributed by atoms with Gasteiger partial charge in [0.15, 0.2) is 0 Å². The molecule has 0 aliphatic carbocycles. The van der Waals surface area contributed by atoms with Gasteiger partial charge < -0.3 is 4.90 Å². The van der Waals surface area contributed by atoms with Gasteiger partial charge >= 0.3 is 0 Å². The van der Waals surface area contributed by atoms with Gasteiger partial charge in [0.1, 0.15) is 4.60 Å². The van der Waals surface area contributed by atoms with Crippen molar-refractivity contribution in [2.45, 2.75) is 38.7 Å². The molecule has 0 N–H and O–H groups in total. The summed E-state index contributed by atoms with van der Waals surface area (Å²) in [5.74, 6) is -1.78.